The molecule has 5 nitrogen and oxygen atoms in total. The molecule has 0 aliphatic carbocycles. The van der Waals surface area contributed by atoms with E-state index >= 15 is 0 Å². The van der Waals surface area contributed by atoms with Crippen LogP contribution in [-0.2, 0) is 0 Å². The van der Waals surface area contributed by atoms with Crippen LogP contribution in [0.25, 0.3) is 60.7 Å². The molecular weight excluding hydrogens is 723 g/mol. The number of thiol groups is 1. The number of aliphatic imine (C=N–C) groups is 2. The van der Waals surface area contributed by atoms with E-state index in [4.69, 9.17) is 46.2 Å². The van der Waals surface area contributed by atoms with Crippen molar-refractivity contribution in [3.05, 3.63) is 174 Å². The average molecular weight is 755 g/mol. The lowest BCUT2D eigenvalue weighted by molar-refractivity contribution is 1.17. The number of amidine groups is 1. The summed E-state index contributed by atoms with van der Waals surface area (Å²) in [6.45, 7) is 8.13. The van der Waals surface area contributed by atoms with Crippen LogP contribution in [0.2, 0.25) is 0 Å². The number of hydrogen-bond acceptors (Lipinski definition) is 3. The quantitative estimate of drug-likeness (QED) is 0.0786. The van der Waals surface area contributed by atoms with E-state index in [1.807, 2.05) is 117 Å². The molecule has 0 saturated carbocycles. The highest BCUT2D eigenvalue weighted by molar-refractivity contribution is 7.80. The third-order valence-corrected chi connectivity index (χ3v) is 11.4. The second-order valence-corrected chi connectivity index (χ2v) is 14.7. The van der Waals surface area contributed by atoms with Crippen LogP contribution >= 0.6 is 12.6 Å². The van der Waals surface area contributed by atoms with Crippen LogP contribution in [0.4, 0.5) is 0 Å². The normalized spacial score (nSPS) is 12.2. The third kappa shape index (κ3) is 5.91. The number of benzene rings is 7. The van der Waals surface area contributed by atoms with Gasteiger partial charge in [0.2, 0.25) is 0 Å². The molecule has 6 radical (unpaired) electrons. The van der Waals surface area contributed by atoms with Crippen molar-refractivity contribution in [1.29, 1.82) is 5.26 Å². The number of nitriles is 1. The minimum atomic E-state index is 0.396. The Balaban J connectivity index is 1.33. The molecule has 0 atom stereocenters. The lowest BCUT2D eigenvalue weighted by atomic mass is 9.74. The van der Waals surface area contributed by atoms with Crippen LogP contribution in [0.1, 0.15) is 34.7 Å². The standard InChI is InChI=1S/C49H32B3N5S/c1-28-43(50)47(45(52)48(58)44(28)51)57-40-21-13-11-19-37(40)42-41(57)25-23-36-35-18-10-12-20-39(35)56(46(36)42)38-24-22-33(26-34(38)27-53)49(54-29(2)31-14-6-4-7-15-31)55-30(3)32-16-8-5-9-17-32/h4-26,58H,2H2,1,3H3. The molecule has 0 unspecified atom stereocenters. The molecular formula is C49H32B3N5S. The molecule has 0 bridgehead atoms. The minimum absolute atomic E-state index is 0.396. The van der Waals surface area contributed by atoms with Gasteiger partial charge < -0.3 is 9.13 Å². The molecule has 2 aromatic heterocycles. The Hall–Kier alpha value is -6.75. The maximum absolute atomic E-state index is 11.0. The first-order valence-electron chi connectivity index (χ1n) is 18.8. The SMILES string of the molecule is [B]c1c(C)c([B])c(-n2c3ccccc3c3c2ccc2c4ccccc4n(-c4ccc(C(N=C(C)c5ccccc5)=NC(=C)c5ccccc5)cc4C#N)c23)c([B])c1S. The molecule has 0 aliphatic heterocycles. The van der Waals surface area contributed by atoms with Crippen molar-refractivity contribution in [3.63, 3.8) is 0 Å². The highest BCUT2D eigenvalue weighted by Crippen LogP contribution is 2.42. The fourth-order valence-electron chi connectivity index (χ4n) is 7.98. The average Bonchev–Trinajstić information content (AvgIpc) is 3.78. The van der Waals surface area contributed by atoms with Crippen molar-refractivity contribution < 1.29 is 0 Å². The van der Waals surface area contributed by atoms with Crippen molar-refractivity contribution in [2.75, 3.05) is 0 Å². The predicted octanol–water partition coefficient (Wildman–Crippen LogP) is 8.66. The maximum atomic E-state index is 11.0. The van der Waals surface area contributed by atoms with E-state index in [1.165, 1.54) is 0 Å². The summed E-state index contributed by atoms with van der Waals surface area (Å²) >= 11 is 4.72. The number of para-hydroxylation sites is 2. The molecule has 9 rings (SSSR count). The van der Waals surface area contributed by atoms with Gasteiger partial charge in [0.25, 0.3) is 0 Å². The Morgan fingerprint density at radius 1 is 0.638 bits per heavy atom. The third-order valence-electron chi connectivity index (χ3n) is 11.0. The Kier molecular flexibility index (Phi) is 9.31. The van der Waals surface area contributed by atoms with E-state index in [1.54, 1.807) is 0 Å². The van der Waals surface area contributed by atoms with Gasteiger partial charge in [-0.3, -0.25) is 0 Å². The summed E-state index contributed by atoms with van der Waals surface area (Å²) < 4.78 is 4.29. The second-order valence-electron chi connectivity index (χ2n) is 14.3. The zero-order valence-electron chi connectivity index (χ0n) is 31.9. The van der Waals surface area contributed by atoms with Gasteiger partial charge in [-0.25, -0.2) is 9.98 Å². The van der Waals surface area contributed by atoms with Crippen molar-refractivity contribution in [3.8, 4) is 17.4 Å². The number of fused-ring (bicyclic) bond motifs is 7. The molecule has 2 heterocycles. The van der Waals surface area contributed by atoms with E-state index in [2.05, 4.69) is 58.2 Å². The summed E-state index contributed by atoms with van der Waals surface area (Å²) in [5, 5.41) is 15.0. The topological polar surface area (TPSA) is 58.4 Å². The van der Waals surface area contributed by atoms with Crippen LogP contribution in [0.3, 0.4) is 0 Å². The monoisotopic (exact) mass is 755 g/mol. The van der Waals surface area contributed by atoms with Crippen molar-refractivity contribution in [2.24, 2.45) is 9.98 Å². The van der Waals surface area contributed by atoms with Crippen LogP contribution in [0.15, 0.2) is 161 Å². The van der Waals surface area contributed by atoms with Gasteiger partial charge >= 0.3 is 0 Å². The van der Waals surface area contributed by atoms with Gasteiger partial charge in [-0.1, -0.05) is 132 Å². The van der Waals surface area contributed by atoms with Gasteiger partial charge in [0.05, 0.1) is 39.0 Å². The molecule has 0 amide bonds. The van der Waals surface area contributed by atoms with Gasteiger partial charge in [-0.15, -0.1) is 12.6 Å². The zero-order chi connectivity index (χ0) is 40.2. The van der Waals surface area contributed by atoms with E-state index in [0.29, 0.717) is 60.9 Å². The molecule has 0 spiro atoms. The Morgan fingerprint density at radius 3 is 1.95 bits per heavy atom. The van der Waals surface area contributed by atoms with Crippen LogP contribution < -0.4 is 16.4 Å². The molecule has 9 aromatic rings. The minimum Gasteiger partial charge on any atom is -0.310 e. The maximum Gasteiger partial charge on any atom is 0.160 e. The summed E-state index contributed by atoms with van der Waals surface area (Å²) in [6.07, 6.45) is 0. The van der Waals surface area contributed by atoms with E-state index < -0.39 is 0 Å². The molecule has 58 heavy (non-hydrogen) atoms. The van der Waals surface area contributed by atoms with Gasteiger partial charge in [-0.2, -0.15) is 5.26 Å². The fraction of sp³-hybridized carbons (Fsp3) is 0.0408. The number of hydrogen-bond donors (Lipinski definition) is 1. The molecule has 7 aromatic carbocycles. The zero-order valence-corrected chi connectivity index (χ0v) is 32.8. The molecule has 0 fully saturated rings. The molecule has 0 saturated heterocycles. The van der Waals surface area contributed by atoms with Gasteiger partial charge in [0.15, 0.2) is 5.84 Å². The highest BCUT2D eigenvalue weighted by atomic mass is 32.1. The van der Waals surface area contributed by atoms with Crippen LogP contribution in [0, 0.1) is 18.3 Å². The van der Waals surface area contributed by atoms with Crippen molar-refractivity contribution in [2.45, 2.75) is 18.7 Å². The Labute approximate surface area is 346 Å². The summed E-state index contributed by atoms with van der Waals surface area (Å²) in [5.41, 5.74) is 11.4. The van der Waals surface area contributed by atoms with Crippen LogP contribution in [0.5, 0.6) is 0 Å². The highest BCUT2D eigenvalue weighted by Gasteiger charge is 2.24. The lowest BCUT2D eigenvalue weighted by Crippen LogP contribution is -2.35. The lowest BCUT2D eigenvalue weighted by Gasteiger charge is -2.22. The molecule has 0 N–H and O–H groups in total. The molecule has 9 heteroatoms. The van der Waals surface area contributed by atoms with E-state index in [-0.39, 0.29) is 0 Å². The van der Waals surface area contributed by atoms with Gasteiger partial charge in [0, 0.05) is 38.5 Å². The number of nitrogens with zero attached hydrogens (tertiary/aromatic N) is 5. The van der Waals surface area contributed by atoms with E-state index in [9.17, 15) is 5.26 Å². The first-order chi connectivity index (χ1) is 28.2. The Morgan fingerprint density at radius 2 is 1.26 bits per heavy atom. The smallest absolute Gasteiger partial charge is 0.160 e. The van der Waals surface area contributed by atoms with Crippen molar-refractivity contribution >= 4 is 113 Å². The van der Waals surface area contributed by atoms with Gasteiger partial charge in [0.1, 0.15) is 29.6 Å². The van der Waals surface area contributed by atoms with E-state index in [0.717, 1.165) is 60.5 Å². The fourth-order valence-corrected chi connectivity index (χ4v) is 8.26. The summed E-state index contributed by atoms with van der Waals surface area (Å²) in [7, 11) is 20.0. The van der Waals surface area contributed by atoms with Crippen molar-refractivity contribution in [1.82, 2.24) is 9.13 Å². The largest absolute Gasteiger partial charge is 0.310 e. The predicted molar refractivity (Wildman–Crippen MR) is 249 cm³/mol. The molecule has 0 aliphatic rings. The first kappa shape index (κ1) is 36.9. The Bertz CT molecular complexity index is 3230. The first-order valence-corrected chi connectivity index (χ1v) is 19.2. The number of aromatic nitrogens is 2. The molecule has 268 valence electrons. The summed E-state index contributed by atoms with van der Waals surface area (Å²) in [5.74, 6) is 0.448. The van der Waals surface area contributed by atoms with Crippen LogP contribution in [-0.4, -0.2) is 44.2 Å². The van der Waals surface area contributed by atoms with Gasteiger partial charge in [-0.05, 0) is 66.3 Å². The number of rotatable bonds is 6. The summed E-state index contributed by atoms with van der Waals surface area (Å²) in [6, 6.07) is 48.8. The second kappa shape index (κ2) is 14.6. The summed E-state index contributed by atoms with van der Waals surface area (Å²) in [4.78, 5) is 10.5.